The molecule has 0 heterocycles. The summed E-state index contributed by atoms with van der Waals surface area (Å²) >= 11 is 0. The SMILES string of the molecule is CC(C)(C)CC(CN)CNCCCC(F)(F)F. The Hall–Kier alpha value is -0.290. The molecular formula is C12H25F3N2. The molecule has 0 aliphatic carbocycles. The van der Waals surface area contributed by atoms with Gasteiger partial charge in [-0.2, -0.15) is 13.2 Å². The predicted octanol–water partition coefficient (Wildman–Crippen LogP) is 2.93. The van der Waals surface area contributed by atoms with Gasteiger partial charge >= 0.3 is 6.18 Å². The van der Waals surface area contributed by atoms with Crippen LogP contribution in [0.4, 0.5) is 13.2 Å². The number of hydrogen-bond acceptors (Lipinski definition) is 2. The number of nitrogens with two attached hydrogens (primary N) is 1. The first kappa shape index (κ1) is 16.7. The molecule has 0 aromatic carbocycles. The second-order valence-corrected chi connectivity index (χ2v) is 5.79. The second kappa shape index (κ2) is 7.21. The standard InChI is InChI=1S/C12H25F3N2/c1-11(2,3)7-10(8-16)9-17-6-4-5-12(13,14)15/h10,17H,4-9,16H2,1-3H3. The Morgan fingerprint density at radius 3 is 2.18 bits per heavy atom. The molecule has 104 valence electrons. The molecule has 1 unspecified atom stereocenters. The summed E-state index contributed by atoms with van der Waals surface area (Å²) in [7, 11) is 0. The van der Waals surface area contributed by atoms with E-state index in [0.717, 1.165) is 6.42 Å². The Morgan fingerprint density at radius 1 is 1.18 bits per heavy atom. The molecule has 0 aliphatic rings. The quantitative estimate of drug-likeness (QED) is 0.686. The van der Waals surface area contributed by atoms with Crippen molar-refractivity contribution < 1.29 is 13.2 Å². The molecule has 0 saturated carbocycles. The topological polar surface area (TPSA) is 38.0 Å². The average Bonchev–Trinajstić information content (AvgIpc) is 2.11. The van der Waals surface area contributed by atoms with E-state index < -0.39 is 12.6 Å². The van der Waals surface area contributed by atoms with E-state index in [4.69, 9.17) is 5.73 Å². The van der Waals surface area contributed by atoms with Crippen LogP contribution in [-0.4, -0.2) is 25.8 Å². The van der Waals surface area contributed by atoms with E-state index in [1.54, 1.807) is 0 Å². The highest BCUT2D eigenvalue weighted by atomic mass is 19.4. The molecule has 0 aromatic rings. The van der Waals surface area contributed by atoms with Crippen LogP contribution in [0.25, 0.3) is 0 Å². The molecule has 5 heteroatoms. The summed E-state index contributed by atoms with van der Waals surface area (Å²) in [5.41, 5.74) is 5.85. The smallest absolute Gasteiger partial charge is 0.330 e. The van der Waals surface area contributed by atoms with Crippen molar-refractivity contribution in [3.8, 4) is 0 Å². The van der Waals surface area contributed by atoms with Crippen molar-refractivity contribution in [2.24, 2.45) is 17.1 Å². The van der Waals surface area contributed by atoms with E-state index in [2.05, 4.69) is 26.1 Å². The number of nitrogens with one attached hydrogen (secondary N) is 1. The molecule has 3 N–H and O–H groups in total. The Kier molecular flexibility index (Phi) is 7.09. The van der Waals surface area contributed by atoms with Gasteiger partial charge < -0.3 is 11.1 Å². The predicted molar refractivity (Wildman–Crippen MR) is 64.8 cm³/mol. The molecule has 0 radical (unpaired) electrons. The maximum absolute atomic E-state index is 11.9. The fourth-order valence-electron chi connectivity index (χ4n) is 1.82. The van der Waals surface area contributed by atoms with E-state index >= 15 is 0 Å². The summed E-state index contributed by atoms with van der Waals surface area (Å²) in [5.74, 6) is 0.334. The summed E-state index contributed by atoms with van der Waals surface area (Å²) in [5, 5.41) is 3.05. The molecule has 0 aliphatic heterocycles. The highest BCUT2D eigenvalue weighted by Crippen LogP contribution is 2.23. The Labute approximate surface area is 102 Å². The molecule has 2 nitrogen and oxygen atoms in total. The Morgan fingerprint density at radius 2 is 1.76 bits per heavy atom. The lowest BCUT2D eigenvalue weighted by atomic mass is 9.84. The fourth-order valence-corrected chi connectivity index (χ4v) is 1.82. The van der Waals surface area contributed by atoms with Crippen molar-refractivity contribution in [3.63, 3.8) is 0 Å². The van der Waals surface area contributed by atoms with Crippen molar-refractivity contribution in [3.05, 3.63) is 0 Å². The third kappa shape index (κ3) is 12.0. The minimum absolute atomic E-state index is 0.135. The zero-order chi connectivity index (χ0) is 13.5. The maximum Gasteiger partial charge on any atom is 0.389 e. The van der Waals surface area contributed by atoms with Crippen LogP contribution < -0.4 is 11.1 Å². The van der Waals surface area contributed by atoms with Gasteiger partial charge in [0.05, 0.1) is 0 Å². The monoisotopic (exact) mass is 254 g/mol. The van der Waals surface area contributed by atoms with Crippen molar-refractivity contribution in [2.75, 3.05) is 19.6 Å². The van der Waals surface area contributed by atoms with Gasteiger partial charge in [-0.15, -0.1) is 0 Å². The third-order valence-electron chi connectivity index (χ3n) is 2.48. The summed E-state index contributed by atoms with van der Waals surface area (Å²) in [4.78, 5) is 0. The summed E-state index contributed by atoms with van der Waals surface area (Å²) in [6.07, 6.45) is -3.64. The van der Waals surface area contributed by atoms with Gasteiger partial charge in [0.1, 0.15) is 0 Å². The van der Waals surface area contributed by atoms with Crippen LogP contribution in [0.1, 0.15) is 40.0 Å². The minimum Gasteiger partial charge on any atom is -0.330 e. The third-order valence-corrected chi connectivity index (χ3v) is 2.48. The Balaban J connectivity index is 3.64. The number of rotatable bonds is 7. The first-order valence-corrected chi connectivity index (χ1v) is 6.11. The molecule has 0 rings (SSSR count). The van der Waals surface area contributed by atoms with Gasteiger partial charge in [-0.25, -0.2) is 0 Å². The second-order valence-electron chi connectivity index (χ2n) is 5.79. The van der Waals surface area contributed by atoms with Crippen molar-refractivity contribution in [2.45, 2.75) is 46.2 Å². The highest BCUT2D eigenvalue weighted by Gasteiger charge is 2.25. The summed E-state index contributed by atoms with van der Waals surface area (Å²) in [6, 6.07) is 0. The van der Waals surface area contributed by atoms with Gasteiger partial charge in [0.15, 0.2) is 0 Å². The number of alkyl halides is 3. The molecule has 0 fully saturated rings. The fraction of sp³-hybridized carbons (Fsp3) is 1.00. The molecular weight excluding hydrogens is 229 g/mol. The largest absolute Gasteiger partial charge is 0.389 e. The van der Waals surface area contributed by atoms with Crippen molar-refractivity contribution in [1.29, 1.82) is 0 Å². The van der Waals surface area contributed by atoms with E-state index in [0.29, 0.717) is 25.6 Å². The van der Waals surface area contributed by atoms with Crippen LogP contribution in [0.5, 0.6) is 0 Å². The molecule has 0 bridgehead atoms. The lowest BCUT2D eigenvalue weighted by Crippen LogP contribution is -2.32. The normalized spacial score (nSPS) is 15.0. The van der Waals surface area contributed by atoms with Gasteiger partial charge in [-0.3, -0.25) is 0 Å². The van der Waals surface area contributed by atoms with Crippen LogP contribution in [0.15, 0.2) is 0 Å². The lowest BCUT2D eigenvalue weighted by molar-refractivity contribution is -0.135. The van der Waals surface area contributed by atoms with Crippen LogP contribution >= 0.6 is 0 Å². The number of hydrogen-bond donors (Lipinski definition) is 2. The zero-order valence-corrected chi connectivity index (χ0v) is 11.0. The van der Waals surface area contributed by atoms with Crippen LogP contribution in [0, 0.1) is 11.3 Å². The molecule has 0 amide bonds. The maximum atomic E-state index is 11.9. The van der Waals surface area contributed by atoms with Crippen LogP contribution in [0.3, 0.4) is 0 Å². The van der Waals surface area contributed by atoms with Crippen molar-refractivity contribution >= 4 is 0 Å². The first-order valence-electron chi connectivity index (χ1n) is 6.11. The van der Waals surface area contributed by atoms with Gasteiger partial charge in [-0.1, -0.05) is 20.8 Å². The van der Waals surface area contributed by atoms with Crippen LogP contribution in [-0.2, 0) is 0 Å². The van der Waals surface area contributed by atoms with Gasteiger partial charge in [0.2, 0.25) is 0 Å². The van der Waals surface area contributed by atoms with E-state index in [9.17, 15) is 13.2 Å². The number of halogens is 3. The van der Waals surface area contributed by atoms with Gasteiger partial charge in [0, 0.05) is 6.42 Å². The van der Waals surface area contributed by atoms with Gasteiger partial charge in [0.25, 0.3) is 0 Å². The highest BCUT2D eigenvalue weighted by molar-refractivity contribution is 4.72. The molecule has 1 atom stereocenters. The van der Waals surface area contributed by atoms with E-state index in [1.807, 2.05) is 0 Å². The molecule has 17 heavy (non-hydrogen) atoms. The molecule has 0 aromatic heterocycles. The van der Waals surface area contributed by atoms with Crippen LogP contribution in [0.2, 0.25) is 0 Å². The van der Waals surface area contributed by atoms with E-state index in [1.165, 1.54) is 0 Å². The van der Waals surface area contributed by atoms with E-state index in [-0.39, 0.29) is 11.8 Å². The molecule has 0 saturated heterocycles. The zero-order valence-electron chi connectivity index (χ0n) is 11.0. The summed E-state index contributed by atoms with van der Waals surface area (Å²) < 4.78 is 35.6. The average molecular weight is 254 g/mol. The Bertz CT molecular complexity index is 197. The molecule has 0 spiro atoms. The van der Waals surface area contributed by atoms with Gasteiger partial charge in [-0.05, 0) is 43.8 Å². The van der Waals surface area contributed by atoms with Crippen molar-refractivity contribution in [1.82, 2.24) is 5.32 Å². The minimum atomic E-state index is -4.04. The first-order chi connectivity index (χ1) is 7.64. The lowest BCUT2D eigenvalue weighted by Gasteiger charge is -2.25. The summed E-state index contributed by atoms with van der Waals surface area (Å²) in [6.45, 7) is 8.09.